The highest BCUT2D eigenvalue weighted by molar-refractivity contribution is 5.86. The summed E-state index contributed by atoms with van der Waals surface area (Å²) in [5.41, 5.74) is 0.956. The monoisotopic (exact) mass is 351 g/mol. The topological polar surface area (TPSA) is 79.5 Å². The second kappa shape index (κ2) is 7.25. The standard InChI is InChI=1S/C20H21N3O3/c24-18(25)9-12-23-10-7-15(8-11-23)20-21-19(22-26-20)17-6-5-14-3-1-2-4-16(14)13-17/h1-6,13,15H,7-12H2,(H,24,25). The highest BCUT2D eigenvalue weighted by atomic mass is 16.5. The third kappa shape index (κ3) is 3.60. The average Bonchev–Trinajstić information content (AvgIpc) is 3.16. The van der Waals surface area contributed by atoms with Crippen molar-refractivity contribution >= 4 is 16.7 Å². The number of aliphatic carboxylic acids is 1. The van der Waals surface area contributed by atoms with Crippen LogP contribution >= 0.6 is 0 Å². The van der Waals surface area contributed by atoms with E-state index < -0.39 is 5.97 Å². The molecule has 134 valence electrons. The molecule has 2 aromatic carbocycles. The highest BCUT2D eigenvalue weighted by Crippen LogP contribution is 2.29. The van der Waals surface area contributed by atoms with Gasteiger partial charge in [-0.05, 0) is 42.8 Å². The Bertz CT molecular complexity index is 913. The Hall–Kier alpha value is -2.73. The summed E-state index contributed by atoms with van der Waals surface area (Å²) >= 11 is 0. The fourth-order valence-corrected chi connectivity index (χ4v) is 3.50. The van der Waals surface area contributed by atoms with Crippen LogP contribution in [0.2, 0.25) is 0 Å². The molecule has 0 aliphatic carbocycles. The van der Waals surface area contributed by atoms with E-state index in [0.29, 0.717) is 18.3 Å². The van der Waals surface area contributed by atoms with Crippen molar-refractivity contribution in [2.45, 2.75) is 25.2 Å². The Morgan fingerprint density at radius 3 is 2.69 bits per heavy atom. The summed E-state index contributed by atoms with van der Waals surface area (Å²) in [5, 5.41) is 15.3. The first-order valence-electron chi connectivity index (χ1n) is 8.96. The van der Waals surface area contributed by atoms with E-state index in [1.807, 2.05) is 18.2 Å². The maximum absolute atomic E-state index is 10.7. The molecule has 0 amide bonds. The molecule has 0 atom stereocenters. The van der Waals surface area contributed by atoms with Crippen LogP contribution in [-0.4, -0.2) is 45.8 Å². The molecular weight excluding hydrogens is 330 g/mol. The van der Waals surface area contributed by atoms with Crippen molar-refractivity contribution in [3.8, 4) is 11.4 Å². The molecule has 0 unspecified atom stereocenters. The van der Waals surface area contributed by atoms with Crippen molar-refractivity contribution in [3.05, 3.63) is 48.4 Å². The van der Waals surface area contributed by atoms with Crippen molar-refractivity contribution < 1.29 is 14.4 Å². The molecule has 0 bridgehead atoms. The second-order valence-electron chi connectivity index (χ2n) is 6.78. The Kier molecular flexibility index (Phi) is 4.67. The largest absolute Gasteiger partial charge is 0.481 e. The Morgan fingerprint density at radius 2 is 1.92 bits per heavy atom. The normalized spacial score (nSPS) is 16.2. The van der Waals surface area contributed by atoms with E-state index in [1.165, 1.54) is 5.39 Å². The zero-order chi connectivity index (χ0) is 17.9. The van der Waals surface area contributed by atoms with Crippen LogP contribution in [0.3, 0.4) is 0 Å². The summed E-state index contributed by atoms with van der Waals surface area (Å²) in [4.78, 5) is 17.5. The zero-order valence-corrected chi connectivity index (χ0v) is 14.5. The van der Waals surface area contributed by atoms with Gasteiger partial charge in [-0.15, -0.1) is 0 Å². The molecule has 1 aliphatic heterocycles. The summed E-state index contributed by atoms with van der Waals surface area (Å²) in [7, 11) is 0. The predicted octanol–water partition coefficient (Wildman–Crippen LogP) is 3.54. The minimum Gasteiger partial charge on any atom is -0.481 e. The van der Waals surface area contributed by atoms with Crippen LogP contribution in [0.5, 0.6) is 0 Å². The van der Waals surface area contributed by atoms with Crippen LogP contribution in [0, 0.1) is 0 Å². The first kappa shape index (κ1) is 16.7. The molecule has 2 heterocycles. The van der Waals surface area contributed by atoms with Gasteiger partial charge in [0.2, 0.25) is 11.7 Å². The summed E-state index contributed by atoms with van der Waals surface area (Å²) in [6.07, 6.45) is 2.02. The summed E-state index contributed by atoms with van der Waals surface area (Å²) in [5.74, 6) is 0.812. The number of nitrogens with zero attached hydrogens (tertiary/aromatic N) is 3. The number of carbonyl (C=O) groups is 1. The third-order valence-corrected chi connectivity index (χ3v) is 5.03. The number of fused-ring (bicyclic) bond motifs is 1. The van der Waals surface area contributed by atoms with Gasteiger partial charge in [-0.25, -0.2) is 0 Å². The molecule has 0 saturated carbocycles. The van der Waals surface area contributed by atoms with Gasteiger partial charge in [0.15, 0.2) is 0 Å². The molecule has 0 spiro atoms. The maximum atomic E-state index is 10.7. The smallest absolute Gasteiger partial charge is 0.304 e. The lowest BCUT2D eigenvalue weighted by molar-refractivity contribution is -0.137. The minimum absolute atomic E-state index is 0.192. The van der Waals surface area contributed by atoms with Crippen LogP contribution in [0.15, 0.2) is 47.0 Å². The van der Waals surface area contributed by atoms with Gasteiger partial charge < -0.3 is 14.5 Å². The first-order valence-corrected chi connectivity index (χ1v) is 8.96. The van der Waals surface area contributed by atoms with Gasteiger partial charge in [0.1, 0.15) is 0 Å². The first-order chi connectivity index (χ1) is 12.7. The van der Waals surface area contributed by atoms with Gasteiger partial charge in [0.05, 0.1) is 6.42 Å². The lowest BCUT2D eigenvalue weighted by atomic mass is 9.96. The molecule has 6 heteroatoms. The molecule has 1 aliphatic rings. The van der Waals surface area contributed by atoms with Crippen LogP contribution in [0.4, 0.5) is 0 Å². The number of likely N-dealkylation sites (tertiary alicyclic amines) is 1. The number of hydrogen-bond donors (Lipinski definition) is 1. The van der Waals surface area contributed by atoms with Crippen molar-refractivity contribution in [1.82, 2.24) is 15.0 Å². The molecule has 4 rings (SSSR count). The minimum atomic E-state index is -0.746. The van der Waals surface area contributed by atoms with E-state index in [0.717, 1.165) is 36.9 Å². The number of rotatable bonds is 5. The Labute approximate surface area is 151 Å². The van der Waals surface area contributed by atoms with Gasteiger partial charge in [0.25, 0.3) is 0 Å². The average molecular weight is 351 g/mol. The fraction of sp³-hybridized carbons (Fsp3) is 0.350. The third-order valence-electron chi connectivity index (χ3n) is 5.03. The zero-order valence-electron chi connectivity index (χ0n) is 14.5. The summed E-state index contributed by atoms with van der Waals surface area (Å²) < 4.78 is 5.53. The van der Waals surface area contributed by atoms with Crippen LogP contribution < -0.4 is 0 Å². The quantitative estimate of drug-likeness (QED) is 0.757. The molecule has 1 fully saturated rings. The van der Waals surface area contributed by atoms with Crippen molar-refractivity contribution in [2.75, 3.05) is 19.6 Å². The number of aromatic nitrogens is 2. The highest BCUT2D eigenvalue weighted by Gasteiger charge is 2.25. The van der Waals surface area contributed by atoms with Gasteiger partial charge in [-0.3, -0.25) is 4.79 Å². The van der Waals surface area contributed by atoms with Gasteiger partial charge in [0, 0.05) is 18.0 Å². The van der Waals surface area contributed by atoms with E-state index in [4.69, 9.17) is 9.63 Å². The number of carboxylic acids is 1. The molecule has 0 radical (unpaired) electrons. The molecular formula is C20H21N3O3. The van der Waals surface area contributed by atoms with Crippen molar-refractivity contribution in [2.24, 2.45) is 0 Å². The lowest BCUT2D eigenvalue weighted by Gasteiger charge is -2.29. The van der Waals surface area contributed by atoms with E-state index >= 15 is 0 Å². The molecule has 1 saturated heterocycles. The molecule has 1 aromatic heterocycles. The fourth-order valence-electron chi connectivity index (χ4n) is 3.50. The van der Waals surface area contributed by atoms with E-state index in [-0.39, 0.29) is 12.3 Å². The summed E-state index contributed by atoms with van der Waals surface area (Å²) in [6, 6.07) is 14.4. The number of piperidine rings is 1. The number of hydrogen-bond acceptors (Lipinski definition) is 5. The molecule has 1 N–H and O–H groups in total. The second-order valence-corrected chi connectivity index (χ2v) is 6.78. The van der Waals surface area contributed by atoms with E-state index in [2.05, 4.69) is 39.3 Å². The van der Waals surface area contributed by atoms with Gasteiger partial charge >= 0.3 is 5.97 Å². The summed E-state index contributed by atoms with van der Waals surface area (Å²) in [6.45, 7) is 2.34. The molecule has 6 nitrogen and oxygen atoms in total. The van der Waals surface area contributed by atoms with Crippen molar-refractivity contribution in [1.29, 1.82) is 0 Å². The Morgan fingerprint density at radius 1 is 1.15 bits per heavy atom. The SMILES string of the molecule is O=C(O)CCN1CCC(c2nc(-c3ccc4ccccc4c3)no2)CC1. The van der Waals surface area contributed by atoms with E-state index in [1.54, 1.807) is 0 Å². The molecule has 3 aromatic rings. The van der Waals surface area contributed by atoms with Crippen LogP contribution in [0.1, 0.15) is 31.1 Å². The van der Waals surface area contributed by atoms with E-state index in [9.17, 15) is 4.79 Å². The maximum Gasteiger partial charge on any atom is 0.304 e. The molecule has 26 heavy (non-hydrogen) atoms. The Balaban J connectivity index is 1.44. The predicted molar refractivity (Wildman–Crippen MR) is 97.9 cm³/mol. The van der Waals surface area contributed by atoms with Crippen molar-refractivity contribution in [3.63, 3.8) is 0 Å². The van der Waals surface area contributed by atoms with Crippen LogP contribution in [-0.2, 0) is 4.79 Å². The van der Waals surface area contributed by atoms with Gasteiger partial charge in [-0.1, -0.05) is 41.6 Å². The van der Waals surface area contributed by atoms with Gasteiger partial charge in [-0.2, -0.15) is 4.98 Å². The lowest BCUT2D eigenvalue weighted by Crippen LogP contribution is -2.34. The number of carboxylic acid groups (broad SMARTS) is 1. The van der Waals surface area contributed by atoms with Crippen LogP contribution in [0.25, 0.3) is 22.2 Å². The number of benzene rings is 2.